The monoisotopic (exact) mass is 494 g/mol. The summed E-state index contributed by atoms with van der Waals surface area (Å²) in [6.45, 7) is 2.06. The zero-order valence-corrected chi connectivity index (χ0v) is 21.5. The number of carboxylic acids is 1. The van der Waals surface area contributed by atoms with Crippen molar-refractivity contribution >= 4 is 11.9 Å². The second-order valence-electron chi connectivity index (χ2n) is 10.4. The molecule has 0 radical (unpaired) electrons. The Hall–Kier alpha value is -3.09. The van der Waals surface area contributed by atoms with Gasteiger partial charge < -0.3 is 19.7 Å². The van der Waals surface area contributed by atoms with Crippen LogP contribution in [0.2, 0.25) is 0 Å². The lowest BCUT2D eigenvalue weighted by atomic mass is 9.88. The van der Waals surface area contributed by atoms with Crippen molar-refractivity contribution in [3.05, 3.63) is 63.1 Å². The topological polar surface area (TPSA) is 97.6 Å². The number of carbonyl (C=O) groups is 2. The number of nitrogens with one attached hydrogen (secondary N) is 1. The summed E-state index contributed by atoms with van der Waals surface area (Å²) in [4.78, 5) is 39.8. The maximum absolute atomic E-state index is 13.8. The van der Waals surface area contributed by atoms with Crippen molar-refractivity contribution in [1.29, 1.82) is 0 Å². The van der Waals surface area contributed by atoms with E-state index in [1.165, 1.54) is 33.3 Å². The Morgan fingerprint density at radius 2 is 1.72 bits per heavy atom. The fourth-order valence-electron chi connectivity index (χ4n) is 5.81. The van der Waals surface area contributed by atoms with Gasteiger partial charge in [0.2, 0.25) is 0 Å². The minimum atomic E-state index is -1.77. The number of pyridine rings is 1. The van der Waals surface area contributed by atoms with Crippen LogP contribution in [0.25, 0.3) is 0 Å². The summed E-state index contributed by atoms with van der Waals surface area (Å²) in [6.07, 6.45) is 11.8. The summed E-state index contributed by atoms with van der Waals surface area (Å²) in [7, 11) is 1.46. The van der Waals surface area contributed by atoms with E-state index in [2.05, 4.69) is 5.32 Å². The Morgan fingerprint density at radius 1 is 1.06 bits per heavy atom. The third-order valence-corrected chi connectivity index (χ3v) is 7.95. The van der Waals surface area contributed by atoms with Crippen LogP contribution in [0.1, 0.15) is 91.9 Å². The van der Waals surface area contributed by atoms with Gasteiger partial charge in [-0.1, -0.05) is 50.3 Å². The Balaban J connectivity index is 1.75. The van der Waals surface area contributed by atoms with Crippen LogP contribution >= 0.6 is 0 Å². The van der Waals surface area contributed by atoms with Crippen molar-refractivity contribution in [2.45, 2.75) is 89.6 Å². The summed E-state index contributed by atoms with van der Waals surface area (Å²) in [5, 5.41) is 12.8. The second kappa shape index (κ2) is 11.3. The van der Waals surface area contributed by atoms with Gasteiger partial charge in [0.1, 0.15) is 11.3 Å². The van der Waals surface area contributed by atoms with Crippen molar-refractivity contribution < 1.29 is 19.4 Å². The molecule has 0 spiro atoms. The molecule has 0 aliphatic heterocycles. The van der Waals surface area contributed by atoms with E-state index in [-0.39, 0.29) is 11.1 Å². The van der Waals surface area contributed by atoms with E-state index in [1.807, 2.05) is 4.57 Å². The van der Waals surface area contributed by atoms with Gasteiger partial charge in [-0.3, -0.25) is 9.59 Å². The number of methoxy groups -OCH3 is 1. The highest BCUT2D eigenvalue weighted by molar-refractivity contribution is 5.98. The number of carbonyl (C=O) groups excluding carboxylic acids is 1. The molecule has 1 aromatic carbocycles. The molecule has 7 nitrogen and oxygen atoms in total. The standard InChI is InChI=1S/C29H38N2O5/c1-29(28(34)35,23-15-10-11-17-25(23)36-2)30-26(32)22-18-21-14-8-3-4-9-16-24(21)31(27(22)33)19-20-12-6-5-7-13-20/h10-11,15,17-18,20H,3-9,12-14,16,19H2,1-2H3,(H,30,32)(H,34,35). The van der Waals surface area contributed by atoms with E-state index in [0.29, 0.717) is 23.8 Å². The lowest BCUT2D eigenvalue weighted by molar-refractivity contribution is -0.144. The summed E-state index contributed by atoms with van der Waals surface area (Å²) < 4.78 is 7.23. The third-order valence-electron chi connectivity index (χ3n) is 7.95. The van der Waals surface area contributed by atoms with Crippen molar-refractivity contribution in [2.24, 2.45) is 5.92 Å². The van der Waals surface area contributed by atoms with Crippen molar-refractivity contribution in [3.63, 3.8) is 0 Å². The smallest absolute Gasteiger partial charge is 0.334 e. The number of aromatic nitrogens is 1. The van der Waals surface area contributed by atoms with Crippen LogP contribution in [0.5, 0.6) is 5.75 Å². The van der Waals surface area contributed by atoms with Crippen LogP contribution in [-0.4, -0.2) is 28.7 Å². The van der Waals surface area contributed by atoms with Gasteiger partial charge in [0.15, 0.2) is 5.54 Å². The number of benzene rings is 1. The van der Waals surface area contributed by atoms with E-state index in [4.69, 9.17) is 4.74 Å². The number of hydrogen-bond acceptors (Lipinski definition) is 4. The number of carboxylic acid groups (broad SMARTS) is 1. The van der Waals surface area contributed by atoms with Crippen LogP contribution in [0, 0.1) is 5.92 Å². The van der Waals surface area contributed by atoms with E-state index in [0.717, 1.165) is 62.6 Å². The first-order valence-electron chi connectivity index (χ1n) is 13.3. The van der Waals surface area contributed by atoms with Gasteiger partial charge >= 0.3 is 5.97 Å². The highest BCUT2D eigenvalue weighted by Gasteiger charge is 2.40. The molecule has 4 rings (SSSR count). The molecule has 1 unspecified atom stereocenters. The highest BCUT2D eigenvalue weighted by Crippen LogP contribution is 2.31. The number of fused-ring (bicyclic) bond motifs is 1. The molecule has 0 saturated heterocycles. The van der Waals surface area contributed by atoms with Crippen LogP contribution in [-0.2, 0) is 29.7 Å². The fraction of sp³-hybridized carbons (Fsp3) is 0.552. The number of ether oxygens (including phenoxy) is 1. The molecule has 1 amide bonds. The molecule has 1 aromatic heterocycles. The normalized spacial score (nSPS) is 18.3. The zero-order valence-electron chi connectivity index (χ0n) is 21.5. The largest absolute Gasteiger partial charge is 0.496 e. The lowest BCUT2D eigenvalue weighted by Gasteiger charge is -2.29. The average molecular weight is 495 g/mol. The van der Waals surface area contributed by atoms with Crippen molar-refractivity contribution in [3.8, 4) is 5.75 Å². The molecule has 2 N–H and O–H groups in total. The number of amides is 1. The van der Waals surface area contributed by atoms with Gasteiger partial charge in [-0.15, -0.1) is 0 Å². The number of rotatable bonds is 7. The van der Waals surface area contributed by atoms with Gasteiger partial charge in [-0.25, -0.2) is 4.79 Å². The zero-order chi connectivity index (χ0) is 25.7. The molecule has 2 aromatic rings. The first-order valence-corrected chi connectivity index (χ1v) is 13.3. The molecule has 1 saturated carbocycles. The highest BCUT2D eigenvalue weighted by atomic mass is 16.5. The SMILES string of the molecule is COc1ccccc1C(C)(NC(=O)c1cc2c(n(CC3CCCCC3)c1=O)CCCCCC2)C(=O)O. The molecule has 36 heavy (non-hydrogen) atoms. The predicted molar refractivity (Wildman–Crippen MR) is 139 cm³/mol. The molecule has 1 fully saturated rings. The summed E-state index contributed by atoms with van der Waals surface area (Å²) in [6, 6.07) is 8.44. The maximum Gasteiger partial charge on any atom is 0.334 e. The predicted octanol–water partition coefficient (Wildman–Crippen LogP) is 4.83. The Labute approximate surface area is 212 Å². The molecule has 1 heterocycles. The molecule has 2 aliphatic rings. The average Bonchev–Trinajstić information content (AvgIpc) is 2.86. The third kappa shape index (κ3) is 5.35. The van der Waals surface area contributed by atoms with E-state index >= 15 is 0 Å². The Bertz CT molecular complexity index is 1160. The Morgan fingerprint density at radius 3 is 2.42 bits per heavy atom. The minimum absolute atomic E-state index is 0.0208. The minimum Gasteiger partial charge on any atom is -0.496 e. The number of aliphatic carboxylic acids is 1. The quantitative estimate of drug-likeness (QED) is 0.575. The van der Waals surface area contributed by atoms with E-state index < -0.39 is 17.4 Å². The Kier molecular flexibility index (Phi) is 8.17. The van der Waals surface area contributed by atoms with Gasteiger partial charge in [-0.2, -0.15) is 0 Å². The first kappa shape index (κ1) is 26.0. The van der Waals surface area contributed by atoms with Crippen LogP contribution < -0.4 is 15.6 Å². The molecular weight excluding hydrogens is 456 g/mol. The molecule has 7 heteroatoms. The summed E-state index contributed by atoms with van der Waals surface area (Å²) in [5.41, 5.74) is 0.367. The van der Waals surface area contributed by atoms with Gasteiger partial charge in [0.05, 0.1) is 7.11 Å². The summed E-state index contributed by atoms with van der Waals surface area (Å²) in [5.74, 6) is -1.11. The number of aryl methyl sites for hydroxylation is 1. The van der Waals surface area contributed by atoms with Crippen LogP contribution in [0.4, 0.5) is 0 Å². The van der Waals surface area contributed by atoms with E-state index in [1.54, 1.807) is 30.3 Å². The van der Waals surface area contributed by atoms with Gasteiger partial charge in [0.25, 0.3) is 11.5 Å². The molecule has 1 atom stereocenters. The second-order valence-corrected chi connectivity index (χ2v) is 10.4. The van der Waals surface area contributed by atoms with Crippen molar-refractivity contribution in [2.75, 3.05) is 7.11 Å². The molecule has 194 valence electrons. The summed E-state index contributed by atoms with van der Waals surface area (Å²) >= 11 is 0. The number of nitrogens with zero attached hydrogens (tertiary/aromatic N) is 1. The number of para-hydroxylation sites is 1. The molecule has 0 bridgehead atoms. The maximum atomic E-state index is 13.8. The van der Waals surface area contributed by atoms with Crippen LogP contribution in [0.15, 0.2) is 35.1 Å². The van der Waals surface area contributed by atoms with Crippen molar-refractivity contribution in [1.82, 2.24) is 9.88 Å². The molecule has 2 aliphatic carbocycles. The molecular formula is C29H38N2O5. The van der Waals surface area contributed by atoms with Gasteiger partial charge in [0, 0.05) is 17.8 Å². The number of hydrogen-bond donors (Lipinski definition) is 2. The van der Waals surface area contributed by atoms with Crippen LogP contribution in [0.3, 0.4) is 0 Å². The van der Waals surface area contributed by atoms with Gasteiger partial charge in [-0.05, 0) is 69.1 Å². The van der Waals surface area contributed by atoms with E-state index in [9.17, 15) is 19.5 Å². The fourth-order valence-corrected chi connectivity index (χ4v) is 5.81. The lowest BCUT2D eigenvalue weighted by Crippen LogP contribution is -2.51. The first-order chi connectivity index (χ1) is 17.3.